The van der Waals surface area contributed by atoms with Crippen LogP contribution in [0.15, 0.2) is 47.5 Å². The van der Waals surface area contributed by atoms with Crippen molar-refractivity contribution in [3.63, 3.8) is 0 Å². The summed E-state index contributed by atoms with van der Waals surface area (Å²) in [5.41, 5.74) is 8.66. The van der Waals surface area contributed by atoms with E-state index < -0.39 is 5.54 Å². The first-order valence-electron chi connectivity index (χ1n) is 8.06. The van der Waals surface area contributed by atoms with E-state index in [9.17, 15) is 0 Å². The summed E-state index contributed by atoms with van der Waals surface area (Å²) >= 11 is 0. The first-order chi connectivity index (χ1) is 12.6. The van der Waals surface area contributed by atoms with Gasteiger partial charge in [0, 0.05) is 0 Å². The van der Waals surface area contributed by atoms with Gasteiger partial charge in [0.15, 0.2) is 11.5 Å². The Balaban J connectivity index is 0.000000613. The van der Waals surface area contributed by atoms with Gasteiger partial charge in [0.25, 0.3) is 6.47 Å². The number of ether oxygens (including phenoxy) is 3. The zero-order valence-electron chi connectivity index (χ0n) is 14.3. The third-order valence-electron chi connectivity index (χ3n) is 4.21. The second kappa shape index (κ2) is 7.45. The van der Waals surface area contributed by atoms with Gasteiger partial charge >= 0.3 is 0 Å². The standard InChI is InChI=1S/C18H18N2O3.CH2O2/c1-18(10-21-9-17(19)20-18)14-4-2-3-12(7-14)13-5-6-15-16(8-13)23-11-22-15;2-1-3/h2-8H,9-11H2,1H3,(H2,19,20);1H,(H,2,3). The normalized spacial score (nSPS) is 20.6. The summed E-state index contributed by atoms with van der Waals surface area (Å²) in [6, 6.07) is 14.3. The Morgan fingerprint density at radius 2 is 1.88 bits per heavy atom. The van der Waals surface area contributed by atoms with Crippen molar-refractivity contribution in [1.82, 2.24) is 0 Å². The van der Waals surface area contributed by atoms with Gasteiger partial charge in [-0.05, 0) is 41.8 Å². The quantitative estimate of drug-likeness (QED) is 0.801. The predicted molar refractivity (Wildman–Crippen MR) is 96.5 cm³/mol. The van der Waals surface area contributed by atoms with E-state index in [-0.39, 0.29) is 13.3 Å². The molecular weight excluding hydrogens is 336 g/mol. The third-order valence-corrected chi connectivity index (χ3v) is 4.21. The summed E-state index contributed by atoms with van der Waals surface area (Å²) in [6.45, 7) is 3.00. The molecule has 2 aromatic carbocycles. The minimum absolute atomic E-state index is 0.250. The Bertz CT molecular complexity index is 836. The zero-order chi connectivity index (χ0) is 18.6. The Morgan fingerprint density at radius 1 is 1.15 bits per heavy atom. The first-order valence-corrected chi connectivity index (χ1v) is 8.06. The molecule has 26 heavy (non-hydrogen) atoms. The third kappa shape index (κ3) is 3.62. The first kappa shape index (κ1) is 17.8. The summed E-state index contributed by atoms with van der Waals surface area (Å²) in [4.78, 5) is 13.0. The van der Waals surface area contributed by atoms with Crippen molar-refractivity contribution in [2.45, 2.75) is 12.5 Å². The van der Waals surface area contributed by atoms with Crippen molar-refractivity contribution >= 4 is 12.3 Å². The molecule has 4 rings (SSSR count). The van der Waals surface area contributed by atoms with Crippen molar-refractivity contribution < 1.29 is 24.1 Å². The number of benzene rings is 2. The highest BCUT2D eigenvalue weighted by Gasteiger charge is 2.30. The lowest BCUT2D eigenvalue weighted by atomic mass is 9.90. The van der Waals surface area contributed by atoms with Gasteiger partial charge in [0.05, 0.1) is 6.61 Å². The number of hydrogen-bond donors (Lipinski definition) is 2. The maximum Gasteiger partial charge on any atom is 0.290 e. The van der Waals surface area contributed by atoms with Crippen molar-refractivity contribution in [3.8, 4) is 22.6 Å². The molecule has 0 saturated carbocycles. The highest BCUT2D eigenvalue weighted by molar-refractivity contribution is 5.82. The molecule has 136 valence electrons. The van der Waals surface area contributed by atoms with Crippen LogP contribution >= 0.6 is 0 Å². The lowest BCUT2D eigenvalue weighted by molar-refractivity contribution is -0.122. The van der Waals surface area contributed by atoms with E-state index in [1.54, 1.807) is 0 Å². The average Bonchev–Trinajstić information content (AvgIpc) is 3.10. The van der Waals surface area contributed by atoms with Gasteiger partial charge < -0.3 is 25.1 Å². The lowest BCUT2D eigenvalue weighted by Crippen LogP contribution is -2.37. The smallest absolute Gasteiger partial charge is 0.290 e. The number of aliphatic imine (C=N–C) groups is 1. The van der Waals surface area contributed by atoms with Crippen LogP contribution in [0.2, 0.25) is 0 Å². The molecule has 0 fully saturated rings. The van der Waals surface area contributed by atoms with Crippen LogP contribution in [-0.2, 0) is 15.1 Å². The van der Waals surface area contributed by atoms with E-state index >= 15 is 0 Å². The summed E-state index contributed by atoms with van der Waals surface area (Å²) < 4.78 is 16.4. The van der Waals surface area contributed by atoms with E-state index in [0.717, 1.165) is 28.2 Å². The SMILES string of the molecule is CC1(c2cccc(-c3ccc4c(c3)OCO4)c2)COCC(N)=N1.O=CO. The van der Waals surface area contributed by atoms with Crippen LogP contribution in [-0.4, -0.2) is 37.4 Å². The van der Waals surface area contributed by atoms with Crippen molar-refractivity contribution in [2.75, 3.05) is 20.0 Å². The fourth-order valence-corrected chi connectivity index (χ4v) is 2.99. The van der Waals surface area contributed by atoms with E-state index in [1.165, 1.54) is 0 Å². The van der Waals surface area contributed by atoms with Crippen molar-refractivity contribution in [2.24, 2.45) is 10.7 Å². The summed E-state index contributed by atoms with van der Waals surface area (Å²) in [5, 5.41) is 6.89. The number of nitrogens with two attached hydrogens (primary N) is 1. The van der Waals surface area contributed by atoms with E-state index in [2.05, 4.69) is 23.2 Å². The molecular formula is C19H20N2O5. The molecule has 0 radical (unpaired) electrons. The summed E-state index contributed by atoms with van der Waals surface area (Å²) in [6.07, 6.45) is 0. The molecule has 1 atom stereocenters. The number of amidine groups is 1. The van der Waals surface area contributed by atoms with Gasteiger partial charge in [-0.2, -0.15) is 0 Å². The predicted octanol–water partition coefficient (Wildman–Crippen LogP) is 2.39. The van der Waals surface area contributed by atoms with Gasteiger partial charge in [-0.25, -0.2) is 0 Å². The molecule has 0 aliphatic carbocycles. The van der Waals surface area contributed by atoms with Crippen LogP contribution in [0.4, 0.5) is 0 Å². The van der Waals surface area contributed by atoms with Crippen molar-refractivity contribution in [3.05, 3.63) is 48.0 Å². The van der Waals surface area contributed by atoms with Crippen LogP contribution < -0.4 is 15.2 Å². The Labute approximate surface area is 151 Å². The van der Waals surface area contributed by atoms with Gasteiger partial charge in [0.2, 0.25) is 6.79 Å². The molecule has 0 spiro atoms. The van der Waals surface area contributed by atoms with Gasteiger partial charge in [-0.3, -0.25) is 9.79 Å². The molecule has 0 aromatic heterocycles. The number of carboxylic acid groups (broad SMARTS) is 1. The molecule has 7 heteroatoms. The molecule has 0 bridgehead atoms. The van der Waals surface area contributed by atoms with Crippen LogP contribution in [0.5, 0.6) is 11.5 Å². The molecule has 2 aliphatic rings. The fourth-order valence-electron chi connectivity index (χ4n) is 2.99. The maximum atomic E-state index is 8.36. The van der Waals surface area contributed by atoms with E-state index in [1.807, 2.05) is 31.2 Å². The summed E-state index contributed by atoms with van der Waals surface area (Å²) in [5.74, 6) is 2.10. The highest BCUT2D eigenvalue weighted by atomic mass is 16.7. The minimum Gasteiger partial charge on any atom is -0.483 e. The second-order valence-corrected chi connectivity index (χ2v) is 6.12. The highest BCUT2D eigenvalue weighted by Crippen LogP contribution is 2.37. The molecule has 0 amide bonds. The topological polar surface area (TPSA) is 103 Å². The van der Waals surface area contributed by atoms with E-state index in [0.29, 0.717) is 19.0 Å². The molecule has 2 aromatic rings. The maximum absolute atomic E-state index is 8.36. The molecule has 7 nitrogen and oxygen atoms in total. The van der Waals surface area contributed by atoms with Crippen LogP contribution in [0, 0.1) is 0 Å². The molecule has 2 aliphatic heterocycles. The van der Waals surface area contributed by atoms with E-state index in [4.69, 9.17) is 29.8 Å². The number of fused-ring (bicyclic) bond motifs is 1. The van der Waals surface area contributed by atoms with Crippen LogP contribution in [0.25, 0.3) is 11.1 Å². The van der Waals surface area contributed by atoms with Crippen LogP contribution in [0.1, 0.15) is 12.5 Å². The fraction of sp³-hybridized carbons (Fsp3) is 0.263. The Kier molecular flexibility index (Phi) is 5.09. The second-order valence-electron chi connectivity index (χ2n) is 6.12. The monoisotopic (exact) mass is 356 g/mol. The number of hydrogen-bond acceptors (Lipinski definition) is 6. The zero-order valence-corrected chi connectivity index (χ0v) is 14.3. The molecule has 2 heterocycles. The number of carbonyl (C=O) groups is 1. The van der Waals surface area contributed by atoms with Crippen molar-refractivity contribution in [1.29, 1.82) is 0 Å². The van der Waals surface area contributed by atoms with Gasteiger partial charge in [0.1, 0.15) is 18.0 Å². The van der Waals surface area contributed by atoms with Gasteiger partial charge in [-0.1, -0.05) is 24.3 Å². The average molecular weight is 356 g/mol. The molecule has 0 saturated heterocycles. The lowest BCUT2D eigenvalue weighted by Gasteiger charge is -2.30. The molecule has 3 N–H and O–H groups in total. The largest absolute Gasteiger partial charge is 0.483 e. The number of nitrogens with zero attached hydrogens (tertiary/aromatic N) is 1. The summed E-state index contributed by atoms with van der Waals surface area (Å²) in [7, 11) is 0. The van der Waals surface area contributed by atoms with Crippen LogP contribution in [0.3, 0.4) is 0 Å². The number of rotatable bonds is 2. The Hall–Kier alpha value is -3.06. The Morgan fingerprint density at radius 3 is 2.65 bits per heavy atom. The minimum atomic E-state index is -0.450. The van der Waals surface area contributed by atoms with Gasteiger partial charge in [-0.15, -0.1) is 0 Å². The molecule has 1 unspecified atom stereocenters.